The fourth-order valence-corrected chi connectivity index (χ4v) is 3.85. The number of carbonyl (C=O) groups excluding carboxylic acids is 2. The van der Waals surface area contributed by atoms with Crippen molar-refractivity contribution in [3.8, 4) is 0 Å². The van der Waals surface area contributed by atoms with Gasteiger partial charge in [0.2, 0.25) is 5.91 Å². The van der Waals surface area contributed by atoms with E-state index in [0.29, 0.717) is 5.56 Å². The van der Waals surface area contributed by atoms with Gasteiger partial charge in [0.15, 0.2) is 0 Å². The Morgan fingerprint density at radius 2 is 1.85 bits per heavy atom. The van der Waals surface area contributed by atoms with Gasteiger partial charge in [-0.05, 0) is 62.9 Å². The number of aromatic nitrogens is 1. The molecule has 3 atom stereocenters. The third-order valence-electron chi connectivity index (χ3n) is 5.82. The summed E-state index contributed by atoms with van der Waals surface area (Å²) in [5.74, 6) is -1.95. The molecule has 0 saturated heterocycles. The third kappa shape index (κ3) is 7.35. The molecule has 2 aromatic carbocycles. The van der Waals surface area contributed by atoms with Crippen LogP contribution < -0.4 is 5.73 Å². The van der Waals surface area contributed by atoms with E-state index in [1.807, 2.05) is 36.4 Å². The molecule has 3 aromatic rings. The molecule has 0 aliphatic carbocycles. The number of aliphatic hydroxyl groups is 1. The van der Waals surface area contributed by atoms with E-state index in [1.54, 1.807) is 30.5 Å². The van der Waals surface area contributed by atoms with Crippen LogP contribution in [-0.2, 0) is 16.0 Å². The number of ether oxygens (including phenoxy) is 1. The van der Waals surface area contributed by atoms with Crippen molar-refractivity contribution in [3.05, 3.63) is 78.0 Å². The average Bonchev–Trinajstić information content (AvgIpc) is 2.80. The number of carbonyl (C=O) groups is 2. The van der Waals surface area contributed by atoms with Gasteiger partial charge in [-0.1, -0.05) is 36.4 Å². The summed E-state index contributed by atoms with van der Waals surface area (Å²) in [5.41, 5.74) is 6.01. The predicted molar refractivity (Wildman–Crippen MR) is 129 cm³/mol. The Labute approximate surface area is 199 Å². The molecule has 7 heteroatoms. The maximum atomic E-state index is 14.0. The first kappa shape index (κ1) is 25.3. The van der Waals surface area contributed by atoms with Crippen molar-refractivity contribution in [2.75, 3.05) is 0 Å². The van der Waals surface area contributed by atoms with E-state index in [2.05, 4.69) is 4.98 Å². The molecule has 180 valence electrons. The van der Waals surface area contributed by atoms with Crippen LogP contribution in [-0.4, -0.2) is 39.8 Å². The highest BCUT2D eigenvalue weighted by Gasteiger charge is 2.30. The molecular formula is C27H31FN2O4. The quantitative estimate of drug-likeness (QED) is 0.408. The normalized spacial score (nSPS) is 14.4. The maximum absolute atomic E-state index is 14.0. The summed E-state index contributed by atoms with van der Waals surface area (Å²) in [5, 5.41) is 11.8. The third-order valence-corrected chi connectivity index (χ3v) is 5.82. The summed E-state index contributed by atoms with van der Waals surface area (Å²) < 4.78 is 19.7. The molecule has 0 fully saturated rings. The van der Waals surface area contributed by atoms with Crippen LogP contribution in [0.3, 0.4) is 0 Å². The van der Waals surface area contributed by atoms with Crippen LogP contribution in [0.25, 0.3) is 10.9 Å². The molecule has 0 aliphatic rings. The number of benzene rings is 2. The molecule has 1 amide bonds. The molecule has 0 bridgehead atoms. The second kappa shape index (κ2) is 11.2. The fraction of sp³-hybridized carbons (Fsp3) is 0.370. The van der Waals surface area contributed by atoms with Crippen LogP contribution in [0.4, 0.5) is 4.39 Å². The minimum Gasteiger partial charge on any atom is -0.456 e. The number of esters is 1. The van der Waals surface area contributed by atoms with Gasteiger partial charge in [0.1, 0.15) is 11.8 Å². The molecule has 0 aliphatic heterocycles. The van der Waals surface area contributed by atoms with E-state index in [0.717, 1.165) is 16.5 Å². The van der Waals surface area contributed by atoms with Crippen molar-refractivity contribution < 1.29 is 23.8 Å². The Morgan fingerprint density at radius 1 is 1.12 bits per heavy atom. The number of aliphatic hydroxyl groups excluding tert-OH is 1. The van der Waals surface area contributed by atoms with Gasteiger partial charge in [0, 0.05) is 23.9 Å². The Bertz CT molecular complexity index is 1110. The van der Waals surface area contributed by atoms with Crippen molar-refractivity contribution in [3.63, 3.8) is 0 Å². The first-order valence-corrected chi connectivity index (χ1v) is 11.4. The van der Waals surface area contributed by atoms with Gasteiger partial charge in [-0.3, -0.25) is 9.78 Å². The van der Waals surface area contributed by atoms with E-state index in [1.165, 1.54) is 13.8 Å². The molecule has 34 heavy (non-hydrogen) atoms. The van der Waals surface area contributed by atoms with E-state index in [9.17, 15) is 19.1 Å². The van der Waals surface area contributed by atoms with Crippen LogP contribution in [0.2, 0.25) is 0 Å². The van der Waals surface area contributed by atoms with Crippen molar-refractivity contribution in [2.24, 2.45) is 11.7 Å². The van der Waals surface area contributed by atoms with Gasteiger partial charge in [0.25, 0.3) is 0 Å². The number of nitrogens with two attached hydrogens (primary N) is 1. The zero-order valence-electron chi connectivity index (χ0n) is 19.5. The monoisotopic (exact) mass is 466 g/mol. The molecule has 3 N–H and O–H groups in total. The van der Waals surface area contributed by atoms with Gasteiger partial charge in [-0.15, -0.1) is 0 Å². The largest absolute Gasteiger partial charge is 0.456 e. The fourth-order valence-electron chi connectivity index (χ4n) is 3.85. The smallest absolute Gasteiger partial charge is 0.338 e. The van der Waals surface area contributed by atoms with Crippen LogP contribution in [0, 0.1) is 5.92 Å². The van der Waals surface area contributed by atoms with E-state index in [4.69, 9.17) is 10.5 Å². The van der Waals surface area contributed by atoms with Gasteiger partial charge in [0.05, 0.1) is 17.2 Å². The molecule has 0 saturated carbocycles. The van der Waals surface area contributed by atoms with E-state index >= 15 is 0 Å². The zero-order chi connectivity index (χ0) is 24.7. The molecule has 6 nitrogen and oxygen atoms in total. The molecule has 1 heterocycles. The minimum absolute atomic E-state index is 0.0299. The average molecular weight is 467 g/mol. The molecule has 1 aromatic heterocycles. The molecule has 0 radical (unpaired) electrons. The van der Waals surface area contributed by atoms with Crippen LogP contribution in [0.15, 0.2) is 66.9 Å². The Balaban J connectivity index is 1.78. The summed E-state index contributed by atoms with van der Waals surface area (Å²) in [7, 11) is 0. The number of hydrogen-bond donors (Lipinski definition) is 2. The summed E-state index contributed by atoms with van der Waals surface area (Å²) >= 11 is 0. The molecular weight excluding hydrogens is 435 g/mol. The lowest BCUT2D eigenvalue weighted by atomic mass is 9.88. The Hall–Kier alpha value is -3.32. The maximum Gasteiger partial charge on any atom is 0.338 e. The number of halogens is 1. The zero-order valence-corrected chi connectivity index (χ0v) is 19.5. The van der Waals surface area contributed by atoms with Gasteiger partial charge >= 0.3 is 5.97 Å². The van der Waals surface area contributed by atoms with E-state index in [-0.39, 0.29) is 25.7 Å². The second-order valence-corrected chi connectivity index (χ2v) is 9.20. The highest BCUT2D eigenvalue weighted by atomic mass is 19.1. The number of pyridine rings is 1. The lowest BCUT2D eigenvalue weighted by molar-refractivity contribution is -0.124. The standard InChI is InChI=1S/C27H31FN2O4/c1-27(2,28)13-12-20(25(29)32)17-23(31)24(15-18-7-4-3-5-8-18)34-26(33)21-10-11-22-19(16-21)9-6-14-30-22/h3-11,14,16,20,23-24,31H,12-13,15,17H2,1-2H3,(H2,29,32)/t20-,23+,24+/m1/s1. The van der Waals surface area contributed by atoms with Gasteiger partial charge in [-0.2, -0.15) is 0 Å². The summed E-state index contributed by atoms with van der Waals surface area (Å²) in [6.07, 6.45) is 0.138. The molecule has 0 spiro atoms. The Morgan fingerprint density at radius 3 is 2.53 bits per heavy atom. The Kier molecular flexibility index (Phi) is 8.34. The second-order valence-electron chi connectivity index (χ2n) is 9.20. The van der Waals surface area contributed by atoms with Crippen molar-refractivity contribution >= 4 is 22.8 Å². The number of nitrogens with zero attached hydrogens (tertiary/aromatic N) is 1. The topological polar surface area (TPSA) is 103 Å². The lowest BCUT2D eigenvalue weighted by Gasteiger charge is -2.27. The SMILES string of the molecule is CC(C)(F)CC[C@H](C[C@H](O)[C@H](Cc1ccccc1)OC(=O)c1ccc2ncccc2c1)C(N)=O. The van der Waals surface area contributed by atoms with Crippen molar-refractivity contribution in [2.45, 2.75) is 57.4 Å². The highest BCUT2D eigenvalue weighted by Crippen LogP contribution is 2.25. The summed E-state index contributed by atoms with van der Waals surface area (Å²) in [6, 6.07) is 18.0. The first-order valence-electron chi connectivity index (χ1n) is 11.4. The van der Waals surface area contributed by atoms with Crippen LogP contribution >= 0.6 is 0 Å². The predicted octanol–water partition coefficient (Wildman–Crippen LogP) is 4.38. The van der Waals surface area contributed by atoms with Crippen LogP contribution in [0.5, 0.6) is 0 Å². The van der Waals surface area contributed by atoms with Crippen molar-refractivity contribution in [1.82, 2.24) is 4.98 Å². The van der Waals surface area contributed by atoms with E-state index < -0.39 is 35.7 Å². The molecule has 3 rings (SSSR count). The number of amides is 1. The van der Waals surface area contributed by atoms with Gasteiger partial charge < -0.3 is 15.6 Å². The number of alkyl halides is 1. The summed E-state index contributed by atoms with van der Waals surface area (Å²) in [6.45, 7) is 2.86. The van der Waals surface area contributed by atoms with Gasteiger partial charge in [-0.25, -0.2) is 9.18 Å². The van der Waals surface area contributed by atoms with Crippen LogP contribution in [0.1, 0.15) is 49.0 Å². The number of primary amides is 1. The first-order chi connectivity index (χ1) is 16.1. The number of rotatable bonds is 11. The minimum atomic E-state index is -1.46. The number of hydrogen-bond acceptors (Lipinski definition) is 5. The lowest BCUT2D eigenvalue weighted by Crippen LogP contribution is -2.38. The van der Waals surface area contributed by atoms with Crippen molar-refractivity contribution in [1.29, 1.82) is 0 Å². The highest BCUT2D eigenvalue weighted by molar-refractivity contribution is 5.94. The molecule has 0 unspecified atom stereocenters. The number of fused-ring (bicyclic) bond motifs is 1. The summed E-state index contributed by atoms with van der Waals surface area (Å²) in [4.78, 5) is 29.2.